The quantitative estimate of drug-likeness (QED) is 0.545. The summed E-state index contributed by atoms with van der Waals surface area (Å²) in [5.74, 6) is -0.581. The molecule has 6 nitrogen and oxygen atoms in total. The molecule has 0 bridgehead atoms. The van der Waals surface area contributed by atoms with E-state index >= 15 is 0 Å². The number of amides is 1. The first kappa shape index (κ1) is 12.2. The number of pyridine rings is 1. The van der Waals surface area contributed by atoms with Gasteiger partial charge in [0.1, 0.15) is 0 Å². The van der Waals surface area contributed by atoms with Crippen molar-refractivity contribution in [2.45, 2.75) is 0 Å². The molecule has 6 heteroatoms. The SMILES string of the molecule is O=C(NO)c1ccc2ncc(-c3ccncc3)nc2c1. The minimum Gasteiger partial charge on any atom is -0.288 e. The molecule has 0 saturated heterocycles. The van der Waals surface area contributed by atoms with E-state index in [4.69, 9.17) is 5.21 Å². The van der Waals surface area contributed by atoms with E-state index in [0.717, 1.165) is 5.56 Å². The van der Waals surface area contributed by atoms with E-state index in [0.29, 0.717) is 22.3 Å². The number of hydrogen-bond donors (Lipinski definition) is 2. The summed E-state index contributed by atoms with van der Waals surface area (Å²) in [6, 6.07) is 8.51. The second-order valence-electron chi connectivity index (χ2n) is 4.14. The molecular weight excluding hydrogens is 256 g/mol. The number of nitrogens with one attached hydrogen (secondary N) is 1. The van der Waals surface area contributed by atoms with E-state index in [1.807, 2.05) is 12.1 Å². The summed E-state index contributed by atoms with van der Waals surface area (Å²) >= 11 is 0. The van der Waals surface area contributed by atoms with Crippen LogP contribution in [-0.2, 0) is 0 Å². The predicted molar refractivity (Wildman–Crippen MR) is 72.0 cm³/mol. The average molecular weight is 266 g/mol. The van der Waals surface area contributed by atoms with Gasteiger partial charge in [-0.15, -0.1) is 0 Å². The molecule has 98 valence electrons. The summed E-state index contributed by atoms with van der Waals surface area (Å²) in [4.78, 5) is 24.1. The summed E-state index contributed by atoms with van der Waals surface area (Å²) in [5, 5.41) is 8.65. The first-order valence-corrected chi connectivity index (χ1v) is 5.89. The average Bonchev–Trinajstić information content (AvgIpc) is 2.54. The maximum Gasteiger partial charge on any atom is 0.274 e. The van der Waals surface area contributed by atoms with Gasteiger partial charge in [0.15, 0.2) is 0 Å². The highest BCUT2D eigenvalue weighted by Crippen LogP contribution is 2.19. The third-order valence-corrected chi connectivity index (χ3v) is 2.88. The highest BCUT2D eigenvalue weighted by Gasteiger charge is 2.07. The van der Waals surface area contributed by atoms with Gasteiger partial charge in [-0.1, -0.05) is 0 Å². The lowest BCUT2D eigenvalue weighted by atomic mass is 10.1. The van der Waals surface area contributed by atoms with E-state index < -0.39 is 5.91 Å². The summed E-state index contributed by atoms with van der Waals surface area (Å²) in [5.41, 5.74) is 4.77. The standard InChI is InChI=1S/C14H10N4O2/c19-14(18-20)10-1-2-11-12(7-10)17-13(8-16-11)9-3-5-15-6-4-9/h1-8,20H,(H,18,19). The Labute approximate surface area is 114 Å². The second-order valence-corrected chi connectivity index (χ2v) is 4.14. The molecular formula is C14H10N4O2. The van der Waals surface area contributed by atoms with Crippen LogP contribution in [0.5, 0.6) is 0 Å². The van der Waals surface area contributed by atoms with Crippen molar-refractivity contribution in [2.24, 2.45) is 0 Å². The van der Waals surface area contributed by atoms with Gasteiger partial charge in [-0.2, -0.15) is 0 Å². The molecule has 1 amide bonds. The smallest absolute Gasteiger partial charge is 0.274 e. The van der Waals surface area contributed by atoms with Gasteiger partial charge in [0.25, 0.3) is 5.91 Å². The number of carbonyl (C=O) groups is 1. The minimum absolute atomic E-state index is 0.321. The number of nitrogens with zero attached hydrogens (tertiary/aromatic N) is 3. The summed E-state index contributed by atoms with van der Waals surface area (Å²) in [6.07, 6.45) is 5.02. The Morgan fingerprint density at radius 3 is 2.65 bits per heavy atom. The Morgan fingerprint density at radius 2 is 1.90 bits per heavy atom. The molecule has 2 heterocycles. The predicted octanol–water partition coefficient (Wildman–Crippen LogP) is 1.81. The Balaban J connectivity index is 2.12. The van der Waals surface area contributed by atoms with E-state index in [1.165, 1.54) is 0 Å². The number of benzene rings is 1. The topological polar surface area (TPSA) is 88.0 Å². The van der Waals surface area contributed by atoms with Crippen LogP contribution in [0.15, 0.2) is 48.9 Å². The first-order chi connectivity index (χ1) is 9.78. The van der Waals surface area contributed by atoms with Crippen molar-refractivity contribution in [3.63, 3.8) is 0 Å². The number of fused-ring (bicyclic) bond motifs is 1. The second kappa shape index (κ2) is 5.02. The number of hydroxylamine groups is 1. The van der Waals surface area contributed by atoms with E-state index in [-0.39, 0.29) is 0 Å². The number of rotatable bonds is 2. The van der Waals surface area contributed by atoms with Gasteiger partial charge in [-0.25, -0.2) is 10.5 Å². The van der Waals surface area contributed by atoms with Crippen LogP contribution in [0.3, 0.4) is 0 Å². The van der Waals surface area contributed by atoms with Crippen molar-refractivity contribution in [3.05, 3.63) is 54.5 Å². The molecule has 0 spiro atoms. The van der Waals surface area contributed by atoms with Crippen LogP contribution in [0.4, 0.5) is 0 Å². The van der Waals surface area contributed by atoms with Gasteiger partial charge < -0.3 is 0 Å². The van der Waals surface area contributed by atoms with Crippen molar-refractivity contribution < 1.29 is 10.0 Å². The molecule has 0 aliphatic rings. The molecule has 0 fully saturated rings. The summed E-state index contributed by atoms with van der Waals surface area (Å²) < 4.78 is 0. The zero-order valence-electron chi connectivity index (χ0n) is 10.3. The Kier molecular flexibility index (Phi) is 3.06. The largest absolute Gasteiger partial charge is 0.288 e. The van der Waals surface area contributed by atoms with Crippen LogP contribution in [0.2, 0.25) is 0 Å². The zero-order valence-corrected chi connectivity index (χ0v) is 10.3. The van der Waals surface area contributed by atoms with Crippen LogP contribution in [0, 0.1) is 0 Å². The Morgan fingerprint density at radius 1 is 1.10 bits per heavy atom. The van der Waals surface area contributed by atoms with Crippen LogP contribution in [-0.4, -0.2) is 26.1 Å². The van der Waals surface area contributed by atoms with Gasteiger partial charge in [-0.05, 0) is 30.3 Å². The number of carbonyl (C=O) groups excluding carboxylic acids is 1. The van der Waals surface area contributed by atoms with Crippen molar-refractivity contribution in [1.82, 2.24) is 20.4 Å². The summed E-state index contributed by atoms with van der Waals surface area (Å²) in [7, 11) is 0. The molecule has 1 aromatic carbocycles. The van der Waals surface area contributed by atoms with Crippen LogP contribution in [0.1, 0.15) is 10.4 Å². The fraction of sp³-hybridized carbons (Fsp3) is 0. The van der Waals surface area contributed by atoms with E-state index in [2.05, 4.69) is 15.0 Å². The molecule has 0 unspecified atom stereocenters. The maximum absolute atomic E-state index is 11.4. The Bertz CT molecular complexity index is 774. The molecule has 0 saturated carbocycles. The van der Waals surface area contributed by atoms with Crippen molar-refractivity contribution in [3.8, 4) is 11.3 Å². The van der Waals surface area contributed by atoms with Crippen LogP contribution in [0.25, 0.3) is 22.3 Å². The van der Waals surface area contributed by atoms with Gasteiger partial charge in [-0.3, -0.25) is 20.0 Å². The third kappa shape index (κ3) is 2.19. The summed E-state index contributed by atoms with van der Waals surface area (Å²) in [6.45, 7) is 0. The fourth-order valence-corrected chi connectivity index (χ4v) is 1.88. The van der Waals surface area contributed by atoms with E-state index in [9.17, 15) is 4.79 Å². The molecule has 2 aromatic heterocycles. The van der Waals surface area contributed by atoms with Crippen LogP contribution < -0.4 is 5.48 Å². The highest BCUT2D eigenvalue weighted by molar-refractivity contribution is 5.96. The molecule has 2 N–H and O–H groups in total. The Hall–Kier alpha value is -2.86. The van der Waals surface area contributed by atoms with Crippen molar-refractivity contribution in [1.29, 1.82) is 0 Å². The first-order valence-electron chi connectivity index (χ1n) is 5.89. The lowest BCUT2D eigenvalue weighted by Crippen LogP contribution is -2.18. The van der Waals surface area contributed by atoms with Gasteiger partial charge in [0.2, 0.25) is 0 Å². The normalized spacial score (nSPS) is 10.4. The zero-order chi connectivity index (χ0) is 13.9. The maximum atomic E-state index is 11.4. The molecule has 0 radical (unpaired) electrons. The van der Waals surface area contributed by atoms with Gasteiger partial charge in [0, 0.05) is 23.5 Å². The van der Waals surface area contributed by atoms with Crippen molar-refractivity contribution >= 4 is 16.9 Å². The molecule has 0 aliphatic carbocycles. The molecule has 0 aliphatic heterocycles. The molecule has 3 rings (SSSR count). The van der Waals surface area contributed by atoms with Crippen LogP contribution >= 0.6 is 0 Å². The van der Waals surface area contributed by atoms with Gasteiger partial charge >= 0.3 is 0 Å². The third-order valence-electron chi connectivity index (χ3n) is 2.88. The van der Waals surface area contributed by atoms with Gasteiger partial charge in [0.05, 0.1) is 22.9 Å². The highest BCUT2D eigenvalue weighted by atomic mass is 16.5. The number of hydrogen-bond acceptors (Lipinski definition) is 5. The monoisotopic (exact) mass is 266 g/mol. The lowest BCUT2D eigenvalue weighted by Gasteiger charge is -2.04. The number of aromatic nitrogens is 3. The fourth-order valence-electron chi connectivity index (χ4n) is 1.88. The minimum atomic E-state index is -0.581. The van der Waals surface area contributed by atoms with E-state index in [1.54, 1.807) is 42.3 Å². The van der Waals surface area contributed by atoms with Crippen molar-refractivity contribution in [2.75, 3.05) is 0 Å². The molecule has 0 atom stereocenters. The lowest BCUT2D eigenvalue weighted by molar-refractivity contribution is 0.0706. The molecule has 3 aromatic rings. The molecule has 20 heavy (non-hydrogen) atoms.